The minimum atomic E-state index is -0.349. The highest BCUT2D eigenvalue weighted by Crippen LogP contribution is 2.14. The lowest BCUT2D eigenvalue weighted by molar-refractivity contribution is 0.102. The topological polar surface area (TPSA) is 66.9 Å². The molecule has 26 heavy (non-hydrogen) atoms. The van der Waals surface area contributed by atoms with E-state index in [0.717, 1.165) is 12.0 Å². The van der Waals surface area contributed by atoms with Gasteiger partial charge in [-0.15, -0.1) is 0 Å². The van der Waals surface area contributed by atoms with E-state index in [9.17, 15) is 9.18 Å². The molecular weight excluding hydrogens is 355 g/mol. The summed E-state index contributed by atoms with van der Waals surface area (Å²) < 4.78 is 12.9. The summed E-state index contributed by atoms with van der Waals surface area (Å²) in [5.74, 6) is -0.0344. The Balaban J connectivity index is 1.51. The van der Waals surface area contributed by atoms with Crippen LogP contribution in [0.15, 0.2) is 60.9 Å². The minimum absolute atomic E-state index is 0.212. The highest BCUT2D eigenvalue weighted by molar-refractivity contribution is 6.30. The van der Waals surface area contributed by atoms with Crippen molar-refractivity contribution in [3.63, 3.8) is 0 Å². The van der Waals surface area contributed by atoms with Gasteiger partial charge in [-0.25, -0.2) is 14.4 Å². The highest BCUT2D eigenvalue weighted by Gasteiger charge is 2.08. The Labute approximate surface area is 155 Å². The third-order valence-electron chi connectivity index (χ3n) is 3.62. The number of amides is 1. The number of anilines is 2. The normalized spacial score (nSPS) is 10.4. The van der Waals surface area contributed by atoms with Gasteiger partial charge in [0.25, 0.3) is 5.91 Å². The average molecular weight is 371 g/mol. The zero-order chi connectivity index (χ0) is 18.4. The number of benzene rings is 2. The molecule has 132 valence electrons. The second-order valence-electron chi connectivity index (χ2n) is 5.55. The quantitative estimate of drug-likeness (QED) is 0.683. The molecule has 5 nitrogen and oxygen atoms in total. The monoisotopic (exact) mass is 370 g/mol. The highest BCUT2D eigenvalue weighted by atomic mass is 35.5. The fourth-order valence-corrected chi connectivity index (χ4v) is 2.38. The second-order valence-corrected chi connectivity index (χ2v) is 5.99. The summed E-state index contributed by atoms with van der Waals surface area (Å²) in [5, 5.41) is 6.44. The van der Waals surface area contributed by atoms with Crippen molar-refractivity contribution < 1.29 is 9.18 Å². The largest absolute Gasteiger partial charge is 0.368 e. The summed E-state index contributed by atoms with van der Waals surface area (Å²) in [6.45, 7) is 0.622. The molecule has 0 atom stereocenters. The summed E-state index contributed by atoms with van der Waals surface area (Å²) >= 11 is 5.81. The number of hydrogen-bond donors (Lipinski definition) is 2. The van der Waals surface area contributed by atoms with Crippen molar-refractivity contribution in [2.24, 2.45) is 0 Å². The predicted octanol–water partition coefficient (Wildman–Crippen LogP) is 4.18. The molecule has 1 heterocycles. The number of nitrogens with zero attached hydrogens (tertiary/aromatic N) is 2. The van der Waals surface area contributed by atoms with E-state index in [-0.39, 0.29) is 17.4 Å². The lowest BCUT2D eigenvalue weighted by atomic mass is 10.1. The van der Waals surface area contributed by atoms with Crippen LogP contribution in [0.2, 0.25) is 5.02 Å². The van der Waals surface area contributed by atoms with E-state index in [1.54, 1.807) is 36.4 Å². The van der Waals surface area contributed by atoms with Crippen molar-refractivity contribution >= 4 is 29.0 Å². The Morgan fingerprint density at radius 3 is 2.38 bits per heavy atom. The van der Waals surface area contributed by atoms with Gasteiger partial charge in [0, 0.05) is 17.3 Å². The molecular formula is C19H16ClFN4O. The third kappa shape index (κ3) is 5.00. The van der Waals surface area contributed by atoms with Crippen molar-refractivity contribution in [3.05, 3.63) is 83.0 Å². The second kappa shape index (κ2) is 8.40. The Bertz CT molecular complexity index is 868. The van der Waals surface area contributed by atoms with Crippen LogP contribution in [-0.4, -0.2) is 22.4 Å². The molecule has 0 unspecified atom stereocenters. The number of aromatic nitrogens is 2. The molecule has 1 aromatic heterocycles. The van der Waals surface area contributed by atoms with Crippen LogP contribution in [0.5, 0.6) is 0 Å². The fourth-order valence-electron chi connectivity index (χ4n) is 2.25. The molecule has 0 saturated carbocycles. The molecule has 0 radical (unpaired) electrons. The van der Waals surface area contributed by atoms with Crippen molar-refractivity contribution in [3.8, 4) is 0 Å². The zero-order valence-electron chi connectivity index (χ0n) is 13.7. The Hall–Kier alpha value is -2.99. The van der Waals surface area contributed by atoms with Gasteiger partial charge in [0.1, 0.15) is 17.3 Å². The molecule has 0 fully saturated rings. The zero-order valence-corrected chi connectivity index (χ0v) is 14.5. The van der Waals surface area contributed by atoms with Crippen LogP contribution in [0, 0.1) is 5.82 Å². The molecule has 2 aromatic carbocycles. The van der Waals surface area contributed by atoms with Gasteiger partial charge in [0.2, 0.25) is 0 Å². The van der Waals surface area contributed by atoms with E-state index >= 15 is 0 Å². The van der Waals surface area contributed by atoms with Gasteiger partial charge >= 0.3 is 0 Å². The van der Waals surface area contributed by atoms with E-state index < -0.39 is 0 Å². The molecule has 1 amide bonds. The van der Waals surface area contributed by atoms with Gasteiger partial charge in [-0.3, -0.25) is 4.79 Å². The first-order valence-corrected chi connectivity index (χ1v) is 8.35. The predicted molar refractivity (Wildman–Crippen MR) is 100 cm³/mol. The number of nitrogens with one attached hydrogen (secondary N) is 2. The van der Waals surface area contributed by atoms with Crippen molar-refractivity contribution in [2.75, 3.05) is 17.2 Å². The minimum Gasteiger partial charge on any atom is -0.368 e. The number of carbonyl (C=O) groups excluding carboxylic acids is 1. The molecule has 0 aliphatic rings. The third-order valence-corrected chi connectivity index (χ3v) is 3.87. The van der Waals surface area contributed by atoms with Crippen LogP contribution in [0.3, 0.4) is 0 Å². The summed E-state index contributed by atoms with van der Waals surface area (Å²) in [6, 6.07) is 13.2. The molecule has 3 aromatic rings. The summed E-state index contributed by atoms with van der Waals surface area (Å²) in [7, 11) is 0. The summed E-state index contributed by atoms with van der Waals surface area (Å²) in [4.78, 5) is 20.4. The molecule has 2 N–H and O–H groups in total. The maximum atomic E-state index is 12.9. The molecule has 0 aliphatic carbocycles. The summed E-state index contributed by atoms with van der Waals surface area (Å²) in [6.07, 6.45) is 3.63. The van der Waals surface area contributed by atoms with Crippen LogP contribution >= 0.6 is 11.6 Å². The van der Waals surface area contributed by atoms with Crippen LogP contribution in [-0.2, 0) is 6.42 Å². The van der Waals surface area contributed by atoms with Gasteiger partial charge in [-0.05, 0) is 48.4 Å². The molecule has 0 saturated heterocycles. The van der Waals surface area contributed by atoms with E-state index in [4.69, 9.17) is 11.6 Å². The maximum absolute atomic E-state index is 12.9. The van der Waals surface area contributed by atoms with Gasteiger partial charge in [-0.2, -0.15) is 0 Å². The lowest BCUT2D eigenvalue weighted by Gasteiger charge is -2.07. The van der Waals surface area contributed by atoms with Crippen molar-refractivity contribution in [1.29, 1.82) is 0 Å². The van der Waals surface area contributed by atoms with Crippen LogP contribution in [0.25, 0.3) is 0 Å². The Morgan fingerprint density at radius 1 is 1.00 bits per heavy atom. The fraction of sp³-hybridized carbons (Fsp3) is 0.105. The smallest absolute Gasteiger partial charge is 0.275 e. The van der Waals surface area contributed by atoms with E-state index in [0.29, 0.717) is 23.1 Å². The van der Waals surface area contributed by atoms with Crippen LogP contribution in [0.4, 0.5) is 15.9 Å². The van der Waals surface area contributed by atoms with Gasteiger partial charge in [-0.1, -0.05) is 23.7 Å². The SMILES string of the molecule is O=C(Nc1ccc(Cl)cc1)c1cnc(NCCc2ccc(F)cc2)cn1. The van der Waals surface area contributed by atoms with Gasteiger partial charge in [0.15, 0.2) is 0 Å². The van der Waals surface area contributed by atoms with Crippen LogP contribution < -0.4 is 10.6 Å². The first-order valence-electron chi connectivity index (χ1n) is 7.97. The molecule has 3 rings (SSSR count). The first kappa shape index (κ1) is 17.8. The number of hydrogen-bond acceptors (Lipinski definition) is 4. The first-order chi connectivity index (χ1) is 12.6. The maximum Gasteiger partial charge on any atom is 0.275 e. The van der Waals surface area contributed by atoms with Gasteiger partial charge in [0.05, 0.1) is 12.4 Å². The Morgan fingerprint density at radius 2 is 1.73 bits per heavy atom. The number of halogens is 2. The Kier molecular flexibility index (Phi) is 5.76. The van der Waals surface area contributed by atoms with E-state index in [2.05, 4.69) is 20.6 Å². The lowest BCUT2D eigenvalue weighted by Crippen LogP contribution is -2.14. The molecule has 0 spiro atoms. The van der Waals surface area contributed by atoms with Gasteiger partial charge < -0.3 is 10.6 Å². The molecule has 7 heteroatoms. The van der Waals surface area contributed by atoms with Crippen molar-refractivity contribution in [1.82, 2.24) is 9.97 Å². The standard InChI is InChI=1S/C19H16ClFN4O/c20-14-3-7-16(8-4-14)25-19(26)17-11-24-18(12-23-17)22-10-9-13-1-5-15(21)6-2-13/h1-8,11-12H,9-10H2,(H,22,24)(H,25,26). The molecule has 0 aliphatic heterocycles. The van der Waals surface area contributed by atoms with Crippen LogP contribution in [0.1, 0.15) is 16.1 Å². The molecule has 0 bridgehead atoms. The van der Waals surface area contributed by atoms with E-state index in [1.807, 2.05) is 0 Å². The number of rotatable bonds is 6. The average Bonchev–Trinajstić information content (AvgIpc) is 2.66. The van der Waals surface area contributed by atoms with Crippen molar-refractivity contribution in [2.45, 2.75) is 6.42 Å². The van der Waals surface area contributed by atoms with E-state index in [1.165, 1.54) is 24.5 Å². The summed E-state index contributed by atoms with van der Waals surface area (Å²) in [5.41, 5.74) is 1.86. The number of carbonyl (C=O) groups is 1.